The number of nitrogens with one attached hydrogen (secondary N) is 1. The molecule has 0 spiro atoms. The van der Waals surface area contributed by atoms with Gasteiger partial charge in [-0.3, -0.25) is 4.79 Å². The molecule has 0 saturated carbocycles. The van der Waals surface area contributed by atoms with Gasteiger partial charge in [0.25, 0.3) is 12.3 Å². The Kier molecular flexibility index (Phi) is 7.51. The Morgan fingerprint density at radius 3 is 2.57 bits per heavy atom. The average Bonchev–Trinajstić information content (AvgIpc) is 2.65. The third kappa shape index (κ3) is 6.05. The van der Waals surface area contributed by atoms with E-state index in [1.165, 1.54) is 12.1 Å². The molecule has 1 N–H and O–H groups in total. The Morgan fingerprint density at radius 2 is 1.96 bits per heavy atom. The summed E-state index contributed by atoms with van der Waals surface area (Å²) in [7, 11) is 0. The van der Waals surface area contributed by atoms with Crippen molar-refractivity contribution in [3.8, 4) is 11.8 Å². The van der Waals surface area contributed by atoms with E-state index >= 15 is 0 Å². The van der Waals surface area contributed by atoms with Crippen LogP contribution in [0.25, 0.3) is 0 Å². The fourth-order valence-electron chi connectivity index (χ4n) is 2.82. The third-order valence-electron chi connectivity index (χ3n) is 4.18. The van der Waals surface area contributed by atoms with Crippen LogP contribution in [0, 0.1) is 24.2 Å². The maximum Gasteiger partial charge on any atom is 0.265 e. The van der Waals surface area contributed by atoms with Gasteiger partial charge in [0.2, 0.25) is 0 Å². The highest BCUT2D eigenvalue weighted by Gasteiger charge is 2.23. The maximum absolute atomic E-state index is 13.2. The number of ether oxygens (including phenoxy) is 1. The Morgan fingerprint density at radius 1 is 1.21 bits per heavy atom. The summed E-state index contributed by atoms with van der Waals surface area (Å²) >= 11 is 0. The zero-order chi connectivity index (χ0) is 20.7. The predicted molar refractivity (Wildman–Crippen MR) is 103 cm³/mol. The molecule has 0 aromatic heterocycles. The van der Waals surface area contributed by atoms with Gasteiger partial charge < -0.3 is 10.1 Å². The molecule has 148 valence electrons. The van der Waals surface area contributed by atoms with Crippen LogP contribution in [0.4, 0.5) is 8.78 Å². The number of amides is 1. The van der Waals surface area contributed by atoms with Crippen molar-refractivity contribution in [2.75, 3.05) is 0 Å². The predicted octanol–water partition coefficient (Wildman–Crippen LogP) is 4.91. The highest BCUT2D eigenvalue weighted by atomic mass is 19.3. The van der Waals surface area contributed by atoms with E-state index < -0.39 is 18.1 Å². The van der Waals surface area contributed by atoms with Crippen molar-refractivity contribution in [3.05, 3.63) is 64.7 Å². The highest BCUT2D eigenvalue weighted by molar-refractivity contribution is 5.81. The molecule has 28 heavy (non-hydrogen) atoms. The third-order valence-corrected chi connectivity index (χ3v) is 4.18. The van der Waals surface area contributed by atoms with Crippen LogP contribution in [0.15, 0.2) is 42.5 Å². The molecule has 0 radical (unpaired) electrons. The smallest absolute Gasteiger partial charge is 0.265 e. The van der Waals surface area contributed by atoms with Gasteiger partial charge in [0.1, 0.15) is 5.75 Å². The Bertz CT molecular complexity index is 860. The first-order valence-corrected chi connectivity index (χ1v) is 9.12. The zero-order valence-electron chi connectivity index (χ0n) is 16.2. The SMILES string of the molecule is Cc1cccc(CNC(=O)C(CC(C)C)Oc2ccc(C#N)c(C(F)F)c2)c1. The van der Waals surface area contributed by atoms with Crippen molar-refractivity contribution in [3.63, 3.8) is 0 Å². The van der Waals surface area contributed by atoms with Crippen molar-refractivity contribution in [2.24, 2.45) is 5.92 Å². The quantitative estimate of drug-likeness (QED) is 0.701. The number of carbonyl (C=O) groups excluding carboxylic acids is 1. The van der Waals surface area contributed by atoms with Crippen molar-refractivity contribution in [1.82, 2.24) is 5.32 Å². The normalized spacial score (nSPS) is 11.9. The first-order chi connectivity index (χ1) is 13.3. The second-order valence-corrected chi connectivity index (χ2v) is 7.10. The number of hydrogen-bond acceptors (Lipinski definition) is 3. The molecule has 1 atom stereocenters. The minimum absolute atomic E-state index is 0.105. The topological polar surface area (TPSA) is 62.1 Å². The van der Waals surface area contributed by atoms with Gasteiger partial charge in [-0.05, 0) is 43.0 Å². The van der Waals surface area contributed by atoms with E-state index in [2.05, 4.69) is 5.32 Å². The van der Waals surface area contributed by atoms with Crippen LogP contribution >= 0.6 is 0 Å². The number of carbonyl (C=O) groups is 1. The lowest BCUT2D eigenvalue weighted by molar-refractivity contribution is -0.128. The summed E-state index contributed by atoms with van der Waals surface area (Å²) in [4.78, 5) is 12.6. The first-order valence-electron chi connectivity index (χ1n) is 9.12. The number of aryl methyl sites for hydroxylation is 1. The average molecular weight is 386 g/mol. The number of nitriles is 1. The molecule has 2 rings (SSSR count). The van der Waals surface area contributed by atoms with Gasteiger partial charge in [-0.2, -0.15) is 5.26 Å². The van der Waals surface area contributed by atoms with Crippen LogP contribution in [0.2, 0.25) is 0 Å². The number of benzene rings is 2. The molecule has 1 amide bonds. The summed E-state index contributed by atoms with van der Waals surface area (Å²) in [5.41, 5.74) is 1.56. The lowest BCUT2D eigenvalue weighted by Crippen LogP contribution is -2.39. The second-order valence-electron chi connectivity index (χ2n) is 7.10. The Balaban J connectivity index is 2.13. The van der Waals surface area contributed by atoms with Gasteiger partial charge in [0.15, 0.2) is 6.10 Å². The van der Waals surface area contributed by atoms with E-state index in [-0.39, 0.29) is 23.1 Å². The number of halogens is 2. The maximum atomic E-state index is 13.2. The molecule has 2 aromatic rings. The molecule has 2 aromatic carbocycles. The molecule has 0 bridgehead atoms. The van der Waals surface area contributed by atoms with Crippen molar-refractivity contribution < 1.29 is 18.3 Å². The van der Waals surface area contributed by atoms with E-state index in [9.17, 15) is 13.6 Å². The Hall–Kier alpha value is -2.94. The van der Waals surface area contributed by atoms with Gasteiger partial charge in [-0.1, -0.05) is 43.7 Å². The van der Waals surface area contributed by atoms with Crippen molar-refractivity contribution in [1.29, 1.82) is 5.26 Å². The van der Waals surface area contributed by atoms with Crippen LogP contribution in [0.5, 0.6) is 5.75 Å². The number of hydrogen-bond donors (Lipinski definition) is 1. The monoisotopic (exact) mass is 386 g/mol. The standard InChI is InChI=1S/C22H24F2N2O2/c1-14(2)9-20(22(27)26-13-16-6-4-5-15(3)10-16)28-18-8-7-17(12-25)19(11-18)21(23)24/h4-8,10-11,14,20-21H,9,13H2,1-3H3,(H,26,27). The second kappa shape index (κ2) is 9.84. The fourth-order valence-corrected chi connectivity index (χ4v) is 2.82. The molecular formula is C22H24F2N2O2. The van der Waals surface area contributed by atoms with Gasteiger partial charge in [-0.15, -0.1) is 0 Å². The molecule has 4 nitrogen and oxygen atoms in total. The van der Waals surface area contributed by atoms with E-state index in [0.29, 0.717) is 13.0 Å². The van der Waals surface area contributed by atoms with Gasteiger partial charge in [-0.25, -0.2) is 8.78 Å². The van der Waals surface area contributed by atoms with Gasteiger partial charge in [0.05, 0.1) is 11.6 Å². The van der Waals surface area contributed by atoms with Crippen LogP contribution in [0.3, 0.4) is 0 Å². The molecule has 0 aliphatic heterocycles. The Labute approximate surface area is 164 Å². The van der Waals surface area contributed by atoms with Crippen molar-refractivity contribution in [2.45, 2.75) is 46.3 Å². The lowest BCUT2D eigenvalue weighted by atomic mass is 10.0. The van der Waals surface area contributed by atoms with E-state index in [1.807, 2.05) is 45.0 Å². The number of rotatable bonds is 8. The summed E-state index contributed by atoms with van der Waals surface area (Å²) in [6, 6.07) is 13.4. The summed E-state index contributed by atoms with van der Waals surface area (Å²) in [6.07, 6.45) is -3.18. The summed E-state index contributed by atoms with van der Waals surface area (Å²) in [5, 5.41) is 11.8. The van der Waals surface area contributed by atoms with Gasteiger partial charge >= 0.3 is 0 Å². The molecule has 6 heteroatoms. The highest BCUT2D eigenvalue weighted by Crippen LogP contribution is 2.28. The zero-order valence-corrected chi connectivity index (χ0v) is 16.2. The van der Waals surface area contributed by atoms with Crippen LogP contribution < -0.4 is 10.1 Å². The molecule has 0 aliphatic carbocycles. The van der Waals surface area contributed by atoms with Crippen molar-refractivity contribution >= 4 is 5.91 Å². The first kappa shape index (κ1) is 21.4. The minimum Gasteiger partial charge on any atom is -0.481 e. The fraction of sp³-hybridized carbons (Fsp3) is 0.364. The number of nitrogens with zero attached hydrogens (tertiary/aromatic N) is 1. The van der Waals surface area contributed by atoms with Crippen LogP contribution in [-0.2, 0) is 11.3 Å². The molecule has 1 unspecified atom stereocenters. The van der Waals surface area contributed by atoms with E-state index in [0.717, 1.165) is 17.2 Å². The molecule has 0 aliphatic rings. The molecular weight excluding hydrogens is 362 g/mol. The van der Waals surface area contributed by atoms with Crippen LogP contribution in [-0.4, -0.2) is 12.0 Å². The molecule has 0 saturated heterocycles. The summed E-state index contributed by atoms with van der Waals surface area (Å²) in [6.45, 7) is 6.23. The van der Waals surface area contributed by atoms with Crippen LogP contribution in [0.1, 0.15) is 48.9 Å². The van der Waals surface area contributed by atoms with Gasteiger partial charge in [0, 0.05) is 12.1 Å². The molecule has 0 fully saturated rings. The molecule has 0 heterocycles. The minimum atomic E-state index is -2.79. The van der Waals surface area contributed by atoms with E-state index in [1.54, 1.807) is 6.07 Å². The summed E-state index contributed by atoms with van der Waals surface area (Å²) < 4.78 is 32.0. The lowest BCUT2D eigenvalue weighted by Gasteiger charge is -2.21. The largest absolute Gasteiger partial charge is 0.481 e. The summed E-state index contributed by atoms with van der Waals surface area (Å²) in [5.74, 6) is 0.00601. The van der Waals surface area contributed by atoms with E-state index in [4.69, 9.17) is 10.00 Å². The number of alkyl halides is 2.